The summed E-state index contributed by atoms with van der Waals surface area (Å²) in [5.74, 6) is 2.37. The molecular formula is C23H29N5. The molecule has 1 aliphatic rings. The molecule has 4 rings (SSSR count). The average Bonchev–Trinajstić information content (AvgIpc) is 2.95. The zero-order valence-electron chi connectivity index (χ0n) is 17.5. The average molecular weight is 376 g/mol. The number of aryl methyl sites for hydroxylation is 2. The highest BCUT2D eigenvalue weighted by molar-refractivity contribution is 5.41. The molecule has 0 bridgehead atoms. The summed E-state index contributed by atoms with van der Waals surface area (Å²) >= 11 is 0. The van der Waals surface area contributed by atoms with Gasteiger partial charge in [-0.3, -0.25) is 4.90 Å². The van der Waals surface area contributed by atoms with Crippen LogP contribution in [0.2, 0.25) is 0 Å². The number of nitrogens with zero attached hydrogens (tertiary/aromatic N) is 5. The Morgan fingerprint density at radius 1 is 1.14 bits per heavy atom. The summed E-state index contributed by atoms with van der Waals surface area (Å²) in [6.07, 6.45) is 4.90. The molecule has 0 radical (unpaired) electrons. The summed E-state index contributed by atoms with van der Waals surface area (Å²) in [6.45, 7) is 13.7. The van der Waals surface area contributed by atoms with E-state index in [9.17, 15) is 0 Å². The smallest absolute Gasteiger partial charge is 0.139 e. The Balaban J connectivity index is 1.56. The Bertz CT molecular complexity index is 1000. The number of hydrogen-bond acceptors (Lipinski definition) is 4. The molecule has 0 fully saturated rings. The molecule has 0 spiro atoms. The van der Waals surface area contributed by atoms with Gasteiger partial charge in [0.15, 0.2) is 0 Å². The number of hydrogen-bond donors (Lipinski definition) is 0. The molecule has 0 aliphatic carbocycles. The zero-order valence-corrected chi connectivity index (χ0v) is 17.5. The zero-order chi connectivity index (χ0) is 19.8. The first-order valence-electron chi connectivity index (χ1n) is 10.1. The van der Waals surface area contributed by atoms with Crippen LogP contribution < -0.4 is 0 Å². The number of pyridine rings is 1. The minimum atomic E-state index is 0.378. The molecule has 146 valence electrons. The van der Waals surface area contributed by atoms with Crippen LogP contribution in [0.1, 0.15) is 59.4 Å². The van der Waals surface area contributed by atoms with Gasteiger partial charge >= 0.3 is 0 Å². The van der Waals surface area contributed by atoms with Crippen molar-refractivity contribution in [1.82, 2.24) is 24.4 Å². The summed E-state index contributed by atoms with van der Waals surface area (Å²) in [7, 11) is 0. The molecule has 0 aromatic carbocycles. The van der Waals surface area contributed by atoms with Gasteiger partial charge in [-0.2, -0.15) is 0 Å². The lowest BCUT2D eigenvalue weighted by atomic mass is 10.1. The summed E-state index contributed by atoms with van der Waals surface area (Å²) in [4.78, 5) is 16.5. The van der Waals surface area contributed by atoms with Crippen molar-refractivity contribution >= 4 is 0 Å². The summed E-state index contributed by atoms with van der Waals surface area (Å²) in [5, 5.41) is 0. The van der Waals surface area contributed by atoms with Crippen LogP contribution in [0.4, 0.5) is 0 Å². The molecule has 0 saturated carbocycles. The predicted octanol–water partition coefficient (Wildman–Crippen LogP) is 4.27. The maximum absolute atomic E-state index is 4.79. The van der Waals surface area contributed by atoms with Crippen LogP contribution in [0.5, 0.6) is 0 Å². The van der Waals surface area contributed by atoms with Gasteiger partial charge in [-0.05, 0) is 44.0 Å². The Kier molecular flexibility index (Phi) is 5.02. The van der Waals surface area contributed by atoms with Crippen molar-refractivity contribution in [1.29, 1.82) is 0 Å². The molecule has 28 heavy (non-hydrogen) atoms. The fraction of sp³-hybridized carbons (Fsp3) is 0.435. The molecule has 4 heterocycles. The molecule has 5 heteroatoms. The van der Waals surface area contributed by atoms with Crippen LogP contribution in [0, 0.1) is 20.8 Å². The van der Waals surface area contributed by atoms with Crippen LogP contribution in [0.25, 0.3) is 5.82 Å². The van der Waals surface area contributed by atoms with Crippen LogP contribution in [-0.4, -0.2) is 31.0 Å². The fourth-order valence-electron chi connectivity index (χ4n) is 4.07. The Labute approximate surface area is 167 Å². The van der Waals surface area contributed by atoms with Gasteiger partial charge in [-0.1, -0.05) is 19.9 Å². The minimum absolute atomic E-state index is 0.378. The Hall–Kier alpha value is -2.53. The Morgan fingerprint density at radius 2 is 1.96 bits per heavy atom. The SMILES string of the molecule is Cc1cccnc1-n1c(C)cc(CN2CCc3nc(C(C)C)ncc3C2)c1C. The second kappa shape index (κ2) is 7.47. The van der Waals surface area contributed by atoms with Crippen molar-refractivity contribution < 1.29 is 0 Å². The normalized spacial score (nSPS) is 14.5. The first-order chi connectivity index (χ1) is 13.4. The van der Waals surface area contributed by atoms with Crippen molar-refractivity contribution in [2.75, 3.05) is 6.54 Å². The second-order valence-corrected chi connectivity index (χ2v) is 8.19. The van der Waals surface area contributed by atoms with Gasteiger partial charge in [0, 0.05) is 67.0 Å². The lowest BCUT2D eigenvalue weighted by Crippen LogP contribution is -2.31. The molecule has 1 aliphatic heterocycles. The lowest BCUT2D eigenvalue weighted by molar-refractivity contribution is 0.242. The third-order valence-corrected chi connectivity index (χ3v) is 5.67. The Morgan fingerprint density at radius 3 is 2.71 bits per heavy atom. The summed E-state index contributed by atoms with van der Waals surface area (Å²) in [5.41, 5.74) is 7.56. The maximum atomic E-state index is 4.79. The quantitative estimate of drug-likeness (QED) is 0.683. The van der Waals surface area contributed by atoms with Gasteiger partial charge < -0.3 is 4.57 Å². The highest BCUT2D eigenvalue weighted by Crippen LogP contribution is 2.25. The molecule has 0 atom stereocenters. The largest absolute Gasteiger partial charge is 0.303 e. The highest BCUT2D eigenvalue weighted by Gasteiger charge is 2.21. The molecule has 0 amide bonds. The van der Waals surface area contributed by atoms with Crippen molar-refractivity contribution in [2.24, 2.45) is 0 Å². The van der Waals surface area contributed by atoms with E-state index in [4.69, 9.17) is 4.98 Å². The van der Waals surface area contributed by atoms with E-state index in [1.165, 1.54) is 33.8 Å². The van der Waals surface area contributed by atoms with Gasteiger partial charge in [0.25, 0.3) is 0 Å². The molecule has 0 saturated heterocycles. The molecule has 3 aromatic heterocycles. The molecule has 0 N–H and O–H groups in total. The third kappa shape index (κ3) is 3.47. The first kappa shape index (κ1) is 18.8. The van der Waals surface area contributed by atoms with E-state index in [-0.39, 0.29) is 0 Å². The van der Waals surface area contributed by atoms with Crippen molar-refractivity contribution in [3.05, 3.63) is 70.2 Å². The van der Waals surface area contributed by atoms with Gasteiger partial charge in [0.2, 0.25) is 0 Å². The van der Waals surface area contributed by atoms with Crippen molar-refractivity contribution in [3.63, 3.8) is 0 Å². The van der Waals surface area contributed by atoms with Gasteiger partial charge in [-0.15, -0.1) is 0 Å². The predicted molar refractivity (Wildman–Crippen MR) is 112 cm³/mol. The van der Waals surface area contributed by atoms with E-state index in [0.717, 1.165) is 37.7 Å². The van der Waals surface area contributed by atoms with Crippen LogP contribution in [-0.2, 0) is 19.5 Å². The van der Waals surface area contributed by atoms with Crippen molar-refractivity contribution in [3.8, 4) is 5.82 Å². The second-order valence-electron chi connectivity index (χ2n) is 8.19. The van der Waals surface area contributed by atoms with Crippen molar-refractivity contribution in [2.45, 2.75) is 60.0 Å². The number of rotatable bonds is 4. The number of fused-ring (bicyclic) bond motifs is 1. The van der Waals surface area contributed by atoms with E-state index < -0.39 is 0 Å². The topological polar surface area (TPSA) is 46.8 Å². The van der Waals surface area contributed by atoms with E-state index in [2.05, 4.69) is 66.2 Å². The fourth-order valence-corrected chi connectivity index (χ4v) is 4.07. The van der Waals surface area contributed by atoms with E-state index in [1.807, 2.05) is 18.5 Å². The lowest BCUT2D eigenvalue weighted by Gasteiger charge is -2.28. The van der Waals surface area contributed by atoms with E-state index in [0.29, 0.717) is 5.92 Å². The van der Waals surface area contributed by atoms with Gasteiger partial charge in [0.1, 0.15) is 11.6 Å². The standard InChI is InChI=1S/C23H29N5/c1-15(2)22-25-12-20-14-27(10-8-21(20)26-22)13-19-11-17(4)28(18(19)5)23-16(3)7-6-9-24-23/h6-7,9,11-12,15H,8,10,13-14H2,1-5H3. The molecule has 3 aromatic rings. The number of aromatic nitrogens is 4. The molecular weight excluding hydrogens is 346 g/mol. The van der Waals surface area contributed by atoms with Crippen LogP contribution >= 0.6 is 0 Å². The summed E-state index contributed by atoms with van der Waals surface area (Å²) in [6, 6.07) is 6.41. The minimum Gasteiger partial charge on any atom is -0.303 e. The highest BCUT2D eigenvalue weighted by atomic mass is 15.1. The first-order valence-corrected chi connectivity index (χ1v) is 10.1. The molecule has 0 unspecified atom stereocenters. The van der Waals surface area contributed by atoms with Gasteiger partial charge in [-0.25, -0.2) is 15.0 Å². The van der Waals surface area contributed by atoms with E-state index in [1.54, 1.807) is 0 Å². The van der Waals surface area contributed by atoms with Gasteiger partial charge in [0.05, 0.1) is 0 Å². The monoisotopic (exact) mass is 375 g/mol. The van der Waals surface area contributed by atoms with Crippen LogP contribution in [0.15, 0.2) is 30.6 Å². The summed E-state index contributed by atoms with van der Waals surface area (Å²) < 4.78 is 2.28. The molecule has 5 nitrogen and oxygen atoms in total. The maximum Gasteiger partial charge on any atom is 0.139 e. The third-order valence-electron chi connectivity index (χ3n) is 5.67. The van der Waals surface area contributed by atoms with E-state index >= 15 is 0 Å². The van der Waals surface area contributed by atoms with Crippen LogP contribution in [0.3, 0.4) is 0 Å².